The van der Waals surface area contributed by atoms with Crippen LogP contribution in [0.25, 0.3) is 11.0 Å². The standard InChI is InChI=1S/C23H28F2N4O/c1-22(6-3-9-26-21(22)29-10-7-23(24,25)8-11-29)20-27-17-13-16(12-15-4-2-5-15)19(30)14-18(17)28-20/h3,9,13-15,30H,2,4-8,10-12H2,1H3,(H,27,28). The van der Waals surface area contributed by atoms with Crippen LogP contribution in [-0.4, -0.2) is 44.8 Å². The molecule has 5 nitrogen and oxygen atoms in total. The normalized spacial score (nSPS) is 26.6. The lowest BCUT2D eigenvalue weighted by Crippen LogP contribution is -2.51. The van der Waals surface area contributed by atoms with Crippen molar-refractivity contribution in [1.82, 2.24) is 14.9 Å². The minimum atomic E-state index is -2.59. The number of aromatic amines is 1. The van der Waals surface area contributed by atoms with Crippen molar-refractivity contribution in [3.8, 4) is 5.75 Å². The van der Waals surface area contributed by atoms with Gasteiger partial charge in [0.1, 0.15) is 17.4 Å². The molecule has 7 heteroatoms. The molecule has 2 aliphatic heterocycles. The molecule has 2 aromatic rings. The van der Waals surface area contributed by atoms with E-state index in [0.717, 1.165) is 34.7 Å². The Morgan fingerprint density at radius 3 is 2.70 bits per heavy atom. The van der Waals surface area contributed by atoms with Gasteiger partial charge in [0, 0.05) is 38.2 Å². The first-order valence-electron chi connectivity index (χ1n) is 10.9. The Bertz CT molecular complexity index is 1010. The van der Waals surface area contributed by atoms with Crippen molar-refractivity contribution in [2.45, 2.75) is 63.2 Å². The van der Waals surface area contributed by atoms with E-state index in [1.54, 1.807) is 12.3 Å². The maximum atomic E-state index is 13.7. The molecule has 1 saturated carbocycles. The number of H-pyrrole nitrogens is 1. The fraction of sp³-hybridized carbons (Fsp3) is 0.565. The van der Waals surface area contributed by atoms with Crippen LogP contribution in [0.3, 0.4) is 0 Å². The van der Waals surface area contributed by atoms with Gasteiger partial charge in [-0.1, -0.05) is 25.3 Å². The molecule has 1 aromatic heterocycles. The second-order valence-corrected chi connectivity index (χ2v) is 9.30. The van der Waals surface area contributed by atoms with E-state index in [4.69, 9.17) is 4.98 Å². The molecule has 3 heterocycles. The molecule has 30 heavy (non-hydrogen) atoms. The molecule has 5 rings (SSSR count). The average Bonchev–Trinajstić information content (AvgIpc) is 3.09. The van der Waals surface area contributed by atoms with E-state index in [0.29, 0.717) is 31.2 Å². The molecule has 0 radical (unpaired) electrons. The number of imidazole rings is 1. The highest BCUT2D eigenvalue weighted by Crippen LogP contribution is 2.38. The third-order valence-corrected chi connectivity index (χ3v) is 7.05. The number of piperidine rings is 1. The minimum absolute atomic E-state index is 0.148. The molecular formula is C23H28F2N4O. The minimum Gasteiger partial charge on any atom is -0.508 e. The average molecular weight is 415 g/mol. The van der Waals surface area contributed by atoms with Crippen LogP contribution in [0.5, 0.6) is 5.75 Å². The highest BCUT2D eigenvalue weighted by molar-refractivity contribution is 5.94. The highest BCUT2D eigenvalue weighted by Gasteiger charge is 2.43. The van der Waals surface area contributed by atoms with Crippen LogP contribution >= 0.6 is 0 Å². The van der Waals surface area contributed by atoms with Crippen molar-refractivity contribution in [1.29, 1.82) is 0 Å². The summed E-state index contributed by atoms with van der Waals surface area (Å²) < 4.78 is 27.3. The third-order valence-electron chi connectivity index (χ3n) is 7.05. The summed E-state index contributed by atoms with van der Waals surface area (Å²) in [4.78, 5) is 14.8. The summed E-state index contributed by atoms with van der Waals surface area (Å²) in [5.74, 6) is -0.0799. The van der Waals surface area contributed by atoms with Gasteiger partial charge in [-0.15, -0.1) is 0 Å². The number of halogens is 2. The number of allylic oxidation sites excluding steroid dienone is 1. The smallest absolute Gasteiger partial charge is 0.251 e. The van der Waals surface area contributed by atoms with Crippen molar-refractivity contribution in [3.63, 3.8) is 0 Å². The van der Waals surface area contributed by atoms with Crippen molar-refractivity contribution in [3.05, 3.63) is 35.8 Å². The maximum Gasteiger partial charge on any atom is 0.251 e. The number of aromatic hydroxyl groups is 1. The molecular weight excluding hydrogens is 386 g/mol. The number of hydrogen-bond acceptors (Lipinski definition) is 4. The van der Waals surface area contributed by atoms with E-state index in [9.17, 15) is 13.9 Å². The molecule has 3 aliphatic rings. The number of rotatable bonds is 3. The fourth-order valence-electron chi connectivity index (χ4n) is 4.85. The van der Waals surface area contributed by atoms with E-state index >= 15 is 0 Å². The number of aromatic nitrogens is 2. The molecule has 0 amide bonds. The molecule has 160 valence electrons. The summed E-state index contributed by atoms with van der Waals surface area (Å²) in [6.45, 7) is 2.65. The van der Waals surface area contributed by atoms with Crippen LogP contribution in [0.4, 0.5) is 8.78 Å². The number of nitrogens with zero attached hydrogens (tertiary/aromatic N) is 3. The van der Waals surface area contributed by atoms with E-state index in [-0.39, 0.29) is 12.8 Å². The molecule has 1 aromatic carbocycles. The van der Waals surface area contributed by atoms with Gasteiger partial charge in [0.25, 0.3) is 5.92 Å². The first kappa shape index (κ1) is 19.5. The van der Waals surface area contributed by atoms with Gasteiger partial charge in [-0.05, 0) is 37.3 Å². The van der Waals surface area contributed by atoms with Crippen LogP contribution in [-0.2, 0) is 11.8 Å². The van der Waals surface area contributed by atoms with Crippen molar-refractivity contribution in [2.75, 3.05) is 13.1 Å². The number of aliphatic imine (C=N–C) groups is 1. The lowest BCUT2D eigenvalue weighted by Gasteiger charge is -2.41. The van der Waals surface area contributed by atoms with Gasteiger partial charge in [0.05, 0.1) is 16.4 Å². The summed E-state index contributed by atoms with van der Waals surface area (Å²) in [5, 5.41) is 10.5. The van der Waals surface area contributed by atoms with Crippen LogP contribution < -0.4 is 0 Å². The zero-order valence-electron chi connectivity index (χ0n) is 17.3. The Balaban J connectivity index is 1.46. The predicted molar refractivity (Wildman–Crippen MR) is 113 cm³/mol. The number of phenols is 1. The van der Waals surface area contributed by atoms with Gasteiger partial charge in [-0.2, -0.15) is 0 Å². The zero-order valence-corrected chi connectivity index (χ0v) is 17.3. The number of phenolic OH excluding ortho intramolecular Hbond substituents is 1. The molecule has 2 fully saturated rings. The van der Waals surface area contributed by atoms with Gasteiger partial charge >= 0.3 is 0 Å². The van der Waals surface area contributed by atoms with E-state index in [1.165, 1.54) is 19.3 Å². The Kier molecular flexibility index (Phi) is 4.60. The quantitative estimate of drug-likeness (QED) is 0.750. The number of benzene rings is 1. The van der Waals surface area contributed by atoms with Gasteiger partial charge in [0.2, 0.25) is 0 Å². The molecule has 1 unspecified atom stereocenters. The Morgan fingerprint density at radius 2 is 2.00 bits per heavy atom. The first-order chi connectivity index (χ1) is 14.3. The van der Waals surface area contributed by atoms with Gasteiger partial charge < -0.3 is 15.0 Å². The number of likely N-dealkylation sites (tertiary alicyclic amines) is 1. The highest BCUT2D eigenvalue weighted by atomic mass is 19.3. The van der Waals surface area contributed by atoms with E-state index < -0.39 is 11.3 Å². The lowest BCUT2D eigenvalue weighted by molar-refractivity contribution is -0.0443. The topological polar surface area (TPSA) is 64.5 Å². The second-order valence-electron chi connectivity index (χ2n) is 9.30. The largest absolute Gasteiger partial charge is 0.508 e. The monoisotopic (exact) mass is 414 g/mol. The number of fused-ring (bicyclic) bond motifs is 1. The van der Waals surface area contributed by atoms with Crippen LogP contribution in [0.1, 0.15) is 56.8 Å². The van der Waals surface area contributed by atoms with E-state index in [1.807, 2.05) is 17.0 Å². The first-order valence-corrected chi connectivity index (χ1v) is 10.9. The molecule has 1 aliphatic carbocycles. The maximum absolute atomic E-state index is 13.7. The van der Waals surface area contributed by atoms with Crippen molar-refractivity contribution in [2.24, 2.45) is 10.9 Å². The Labute approximate surface area is 174 Å². The van der Waals surface area contributed by atoms with Crippen LogP contribution in [0.15, 0.2) is 29.4 Å². The zero-order chi connectivity index (χ0) is 20.9. The summed E-state index contributed by atoms with van der Waals surface area (Å²) in [7, 11) is 0. The molecule has 1 saturated heterocycles. The van der Waals surface area contributed by atoms with Crippen LogP contribution in [0, 0.1) is 5.92 Å². The SMILES string of the molecule is CC1(c2nc3cc(O)c(CC4CCC4)cc3[nH]2)CC=CN=C1N1CCC(F)(F)CC1. The van der Waals surface area contributed by atoms with Crippen molar-refractivity contribution < 1.29 is 13.9 Å². The number of alkyl halides is 2. The molecule has 0 spiro atoms. The van der Waals surface area contributed by atoms with Gasteiger partial charge in [0.15, 0.2) is 0 Å². The lowest BCUT2D eigenvalue weighted by atomic mass is 9.81. The number of amidine groups is 1. The Hall–Kier alpha value is -2.44. The predicted octanol–water partition coefficient (Wildman–Crippen LogP) is 4.92. The third kappa shape index (κ3) is 3.38. The number of nitrogens with one attached hydrogen (secondary N) is 1. The summed E-state index contributed by atoms with van der Waals surface area (Å²) in [5.41, 5.74) is 2.06. The molecule has 0 bridgehead atoms. The summed E-state index contributed by atoms with van der Waals surface area (Å²) in [6, 6.07) is 3.75. The number of hydrogen-bond donors (Lipinski definition) is 2. The fourth-order valence-corrected chi connectivity index (χ4v) is 4.85. The second kappa shape index (κ2) is 7.06. The molecule has 1 atom stereocenters. The van der Waals surface area contributed by atoms with Crippen molar-refractivity contribution >= 4 is 16.9 Å². The summed E-state index contributed by atoms with van der Waals surface area (Å²) >= 11 is 0. The van der Waals surface area contributed by atoms with Gasteiger partial charge in [-0.3, -0.25) is 0 Å². The molecule has 2 N–H and O–H groups in total. The van der Waals surface area contributed by atoms with E-state index in [2.05, 4.69) is 16.9 Å². The van der Waals surface area contributed by atoms with Crippen LogP contribution in [0.2, 0.25) is 0 Å². The Morgan fingerprint density at radius 1 is 1.23 bits per heavy atom. The summed E-state index contributed by atoms with van der Waals surface area (Å²) in [6.07, 6.45) is 8.77. The van der Waals surface area contributed by atoms with Gasteiger partial charge in [-0.25, -0.2) is 18.8 Å².